The average molecular weight is 557 g/mol. The van der Waals surface area contributed by atoms with Gasteiger partial charge < -0.3 is 14.4 Å². The van der Waals surface area contributed by atoms with E-state index in [1.54, 1.807) is 20.8 Å². The van der Waals surface area contributed by atoms with Crippen molar-refractivity contribution in [2.24, 2.45) is 0 Å². The molecule has 4 rings (SSSR count). The number of nitrogens with zero attached hydrogens (tertiary/aromatic N) is 2. The summed E-state index contributed by atoms with van der Waals surface area (Å²) in [6, 6.07) is 6.13. The summed E-state index contributed by atoms with van der Waals surface area (Å²) in [4.78, 5) is 16.3. The number of halogens is 2. The molecule has 0 radical (unpaired) electrons. The summed E-state index contributed by atoms with van der Waals surface area (Å²) in [5.74, 6) is -1.81. The predicted octanol–water partition coefficient (Wildman–Crippen LogP) is 7.58. The number of carbonyl (C=O) groups excluding carboxylic acids is 1. The second kappa shape index (κ2) is 13.7. The van der Waals surface area contributed by atoms with Crippen LogP contribution in [0, 0.1) is 18.6 Å². The molecule has 2 aliphatic rings. The zero-order chi connectivity index (χ0) is 29.6. The summed E-state index contributed by atoms with van der Waals surface area (Å²) in [7, 11) is 2.06. The Morgan fingerprint density at radius 2 is 1.85 bits per heavy atom. The molecule has 1 saturated heterocycles. The molecule has 2 atom stereocenters. The summed E-state index contributed by atoms with van der Waals surface area (Å²) in [5, 5.41) is 0. The number of likely N-dealkylation sites (N-methyl/N-ethyl adjacent to an activating group) is 1. The van der Waals surface area contributed by atoms with Crippen molar-refractivity contribution in [3.63, 3.8) is 0 Å². The van der Waals surface area contributed by atoms with Gasteiger partial charge in [0.15, 0.2) is 0 Å². The monoisotopic (exact) mass is 556 g/mol. The molecule has 2 heterocycles. The van der Waals surface area contributed by atoms with Crippen LogP contribution in [0.2, 0.25) is 0 Å². The van der Waals surface area contributed by atoms with Crippen molar-refractivity contribution in [2.75, 3.05) is 31.6 Å². The van der Waals surface area contributed by atoms with Crippen molar-refractivity contribution in [3.05, 3.63) is 69.8 Å². The molecule has 0 spiro atoms. The first-order chi connectivity index (χ1) is 19.0. The number of ether oxygens (including phenoxy) is 2. The van der Waals surface area contributed by atoms with Crippen LogP contribution in [-0.2, 0) is 20.7 Å². The van der Waals surface area contributed by atoms with Gasteiger partial charge in [-0.05, 0) is 106 Å². The van der Waals surface area contributed by atoms with Crippen molar-refractivity contribution in [3.8, 4) is 0 Å². The quantitative estimate of drug-likeness (QED) is 0.271. The van der Waals surface area contributed by atoms with Crippen molar-refractivity contribution < 1.29 is 23.0 Å². The molecule has 1 fully saturated rings. The van der Waals surface area contributed by atoms with Crippen LogP contribution in [0.5, 0.6) is 0 Å². The zero-order valence-corrected chi connectivity index (χ0v) is 25.4. The van der Waals surface area contributed by atoms with E-state index in [1.807, 2.05) is 26.8 Å². The van der Waals surface area contributed by atoms with Crippen molar-refractivity contribution in [1.29, 1.82) is 0 Å². The Labute approximate surface area is 239 Å². The molecule has 0 N–H and O–H groups in total. The molecule has 2 aliphatic heterocycles. The molecule has 5 nitrogen and oxygen atoms in total. The Hall–Kier alpha value is -2.77. The van der Waals surface area contributed by atoms with Gasteiger partial charge in [-0.3, -0.25) is 4.90 Å². The van der Waals surface area contributed by atoms with Crippen molar-refractivity contribution >= 4 is 17.7 Å². The van der Waals surface area contributed by atoms with E-state index in [0.29, 0.717) is 13.1 Å². The lowest BCUT2D eigenvalue weighted by Gasteiger charge is -2.40. The highest BCUT2D eigenvalue weighted by Gasteiger charge is 2.34. The van der Waals surface area contributed by atoms with Crippen LogP contribution in [0.3, 0.4) is 0 Å². The van der Waals surface area contributed by atoms with E-state index in [1.165, 1.54) is 24.3 Å². The van der Waals surface area contributed by atoms with Gasteiger partial charge in [0, 0.05) is 37.5 Å². The molecular weight excluding hydrogens is 510 g/mol. The second-order valence-electron chi connectivity index (χ2n) is 11.3. The highest BCUT2D eigenvalue weighted by Crippen LogP contribution is 2.41. The van der Waals surface area contributed by atoms with Crippen LogP contribution >= 0.6 is 0 Å². The van der Waals surface area contributed by atoms with Crippen LogP contribution in [-0.4, -0.2) is 49.4 Å². The largest absolute Gasteiger partial charge is 0.457 e. The number of hydrogen-bond donors (Lipinski definition) is 0. The Kier molecular flexibility index (Phi) is 10.9. The maximum absolute atomic E-state index is 15.6. The fraction of sp³-hybridized carbons (Fsp3) is 0.545. The first-order valence-corrected chi connectivity index (χ1v) is 14.6. The molecular formula is C33H46F2N2O3. The van der Waals surface area contributed by atoms with Crippen LogP contribution < -0.4 is 4.90 Å². The molecule has 7 heteroatoms. The lowest BCUT2D eigenvalue weighted by Crippen LogP contribution is -2.39. The highest BCUT2D eigenvalue weighted by molar-refractivity contribution is 5.87. The van der Waals surface area contributed by atoms with E-state index in [-0.39, 0.29) is 17.4 Å². The van der Waals surface area contributed by atoms with E-state index in [4.69, 9.17) is 9.47 Å². The number of rotatable bonds is 6. The zero-order valence-electron chi connectivity index (χ0n) is 25.4. The normalized spacial score (nSPS) is 19.6. The molecule has 0 bridgehead atoms. The first-order valence-electron chi connectivity index (χ1n) is 14.6. The van der Waals surface area contributed by atoms with Gasteiger partial charge in [-0.25, -0.2) is 13.6 Å². The molecule has 0 aromatic heterocycles. The van der Waals surface area contributed by atoms with Crippen LogP contribution in [0.1, 0.15) is 94.7 Å². The smallest absolute Gasteiger partial charge is 0.331 e. The van der Waals surface area contributed by atoms with Crippen LogP contribution in [0.4, 0.5) is 14.5 Å². The predicted molar refractivity (Wildman–Crippen MR) is 159 cm³/mol. The van der Waals surface area contributed by atoms with Crippen molar-refractivity contribution in [2.45, 2.75) is 92.0 Å². The summed E-state index contributed by atoms with van der Waals surface area (Å²) >= 11 is 0. The van der Waals surface area contributed by atoms with Gasteiger partial charge in [0.1, 0.15) is 23.5 Å². The van der Waals surface area contributed by atoms with E-state index in [0.717, 1.165) is 54.7 Å². The molecule has 0 amide bonds. The van der Waals surface area contributed by atoms with Crippen molar-refractivity contribution in [1.82, 2.24) is 4.90 Å². The molecule has 2 aromatic rings. The molecule has 40 heavy (non-hydrogen) atoms. The van der Waals surface area contributed by atoms with Crippen LogP contribution in [0.25, 0.3) is 6.08 Å². The molecule has 2 unspecified atom stereocenters. The number of anilines is 1. The van der Waals surface area contributed by atoms with Gasteiger partial charge in [-0.2, -0.15) is 0 Å². The number of carbonyl (C=O) groups is 1. The minimum absolute atomic E-state index is 0.0401. The summed E-state index contributed by atoms with van der Waals surface area (Å²) in [6.45, 7) is 15.6. The van der Waals surface area contributed by atoms with Gasteiger partial charge in [0.25, 0.3) is 0 Å². The maximum Gasteiger partial charge on any atom is 0.331 e. The highest BCUT2D eigenvalue weighted by atomic mass is 19.1. The Bertz CT molecular complexity index is 1180. The van der Waals surface area contributed by atoms with Gasteiger partial charge in [0.05, 0.1) is 6.04 Å². The van der Waals surface area contributed by atoms with E-state index >= 15 is 8.78 Å². The Morgan fingerprint density at radius 3 is 2.42 bits per heavy atom. The standard InChI is InChI=1S/C31H40F2N2O3.C2H6/c1-7-35-16-15-22-20(2)26(34(6)27-10-8-9-17-37-27)13-12-23(22)30(35)29-24(32)18-21(19-25(29)33)11-14-28(36)38-31(3,4)5;1-2/h11-14,18-19,27,30H,7-10,15-17H2,1-6H3;1-2H3/b14-11+;. The molecule has 2 aromatic carbocycles. The van der Waals surface area contributed by atoms with E-state index in [2.05, 4.69) is 29.8 Å². The van der Waals surface area contributed by atoms with Gasteiger partial charge >= 0.3 is 5.97 Å². The SMILES string of the molecule is CC.CCN1CCc2c(ccc(N(C)C3CCCCO3)c2C)C1c1c(F)cc(/C=C/C(=O)OC(C)(C)C)cc1F. The Morgan fingerprint density at radius 1 is 1.18 bits per heavy atom. The number of hydrogen-bond acceptors (Lipinski definition) is 5. The minimum atomic E-state index is -0.643. The van der Waals surface area contributed by atoms with Gasteiger partial charge in [-0.1, -0.05) is 26.8 Å². The minimum Gasteiger partial charge on any atom is -0.457 e. The van der Waals surface area contributed by atoms with E-state index in [9.17, 15) is 4.79 Å². The third-order valence-electron chi connectivity index (χ3n) is 7.48. The average Bonchev–Trinajstić information content (AvgIpc) is 2.92. The summed E-state index contributed by atoms with van der Waals surface area (Å²) in [5.41, 5.74) is 3.99. The second-order valence-corrected chi connectivity index (χ2v) is 11.3. The van der Waals surface area contributed by atoms with Crippen LogP contribution in [0.15, 0.2) is 30.3 Å². The van der Waals surface area contributed by atoms with E-state index < -0.39 is 29.2 Å². The molecule has 0 aliphatic carbocycles. The number of fused-ring (bicyclic) bond motifs is 1. The third-order valence-corrected chi connectivity index (χ3v) is 7.48. The number of esters is 1. The summed E-state index contributed by atoms with van der Waals surface area (Å²) in [6.07, 6.45) is 6.68. The topological polar surface area (TPSA) is 42.0 Å². The van der Waals surface area contributed by atoms with Gasteiger partial charge in [0.2, 0.25) is 0 Å². The maximum atomic E-state index is 15.6. The molecule has 0 saturated carbocycles. The lowest BCUT2D eigenvalue weighted by atomic mass is 9.84. The fourth-order valence-corrected chi connectivity index (χ4v) is 5.64. The van der Waals surface area contributed by atoms with Gasteiger partial charge in [-0.15, -0.1) is 0 Å². The Balaban J connectivity index is 0.00000216. The third kappa shape index (κ3) is 7.29. The number of benzene rings is 2. The molecule has 220 valence electrons. The fourth-order valence-electron chi connectivity index (χ4n) is 5.64. The first kappa shape index (κ1) is 31.8. The summed E-state index contributed by atoms with van der Waals surface area (Å²) < 4.78 is 42.5. The lowest BCUT2D eigenvalue weighted by molar-refractivity contribution is -0.148.